The molecule has 4 nitrogen and oxygen atoms in total. The number of hydrogen-bond acceptors (Lipinski definition) is 3. The summed E-state index contributed by atoms with van der Waals surface area (Å²) in [6, 6.07) is 11.3. The van der Waals surface area contributed by atoms with Gasteiger partial charge in [-0.3, -0.25) is 4.79 Å². The van der Waals surface area contributed by atoms with Crippen molar-refractivity contribution in [1.29, 1.82) is 0 Å². The van der Waals surface area contributed by atoms with Gasteiger partial charge in [-0.25, -0.2) is 0 Å². The van der Waals surface area contributed by atoms with Crippen LogP contribution in [0.1, 0.15) is 17.5 Å². The van der Waals surface area contributed by atoms with Crippen molar-refractivity contribution >= 4 is 28.9 Å². The molecular weight excluding hydrogens is 312 g/mol. The first-order chi connectivity index (χ1) is 11.0. The zero-order valence-corrected chi connectivity index (χ0v) is 14.3. The Morgan fingerprint density at radius 3 is 2.61 bits per heavy atom. The second-order valence-corrected chi connectivity index (χ2v) is 5.82. The number of carbonyl (C=O) groups is 1. The Bertz CT molecular complexity index is 701. The number of halogens is 1. The molecule has 0 heterocycles. The molecule has 23 heavy (non-hydrogen) atoms. The van der Waals surface area contributed by atoms with E-state index in [1.807, 2.05) is 32.0 Å². The van der Waals surface area contributed by atoms with Crippen LogP contribution in [0.5, 0.6) is 5.75 Å². The van der Waals surface area contributed by atoms with E-state index in [0.717, 1.165) is 16.9 Å². The van der Waals surface area contributed by atoms with Crippen LogP contribution in [0.25, 0.3) is 0 Å². The molecule has 0 spiro atoms. The molecule has 0 aliphatic heterocycles. The molecule has 0 aliphatic carbocycles. The van der Waals surface area contributed by atoms with Crippen molar-refractivity contribution in [2.24, 2.45) is 0 Å². The van der Waals surface area contributed by atoms with Crippen molar-refractivity contribution < 1.29 is 9.53 Å². The molecule has 2 aromatic carbocycles. The number of benzene rings is 2. The highest BCUT2D eigenvalue weighted by Crippen LogP contribution is 2.27. The second-order valence-electron chi connectivity index (χ2n) is 5.39. The number of amides is 1. The molecule has 5 heteroatoms. The highest BCUT2D eigenvalue weighted by Gasteiger charge is 2.07. The van der Waals surface area contributed by atoms with E-state index in [1.54, 1.807) is 25.3 Å². The number of ether oxygens (including phenoxy) is 1. The average Bonchev–Trinajstić information content (AvgIpc) is 2.50. The molecule has 0 bridgehead atoms. The first kappa shape index (κ1) is 17.2. The van der Waals surface area contributed by atoms with Crippen molar-refractivity contribution in [2.75, 3.05) is 24.3 Å². The van der Waals surface area contributed by atoms with Gasteiger partial charge in [0, 0.05) is 23.7 Å². The standard InChI is InChI=1S/C18H21ClN2O2/c1-12-4-6-15(13(2)10-12)21-18(22)8-9-20-16-11-14(19)5-7-17(16)23-3/h4-7,10-11,20H,8-9H2,1-3H3,(H,21,22). The van der Waals surface area contributed by atoms with Gasteiger partial charge >= 0.3 is 0 Å². The lowest BCUT2D eigenvalue weighted by Gasteiger charge is -2.12. The van der Waals surface area contributed by atoms with Gasteiger partial charge in [-0.1, -0.05) is 29.3 Å². The third-order valence-electron chi connectivity index (χ3n) is 3.49. The van der Waals surface area contributed by atoms with Crippen LogP contribution < -0.4 is 15.4 Å². The van der Waals surface area contributed by atoms with E-state index in [9.17, 15) is 4.79 Å². The first-order valence-electron chi connectivity index (χ1n) is 7.44. The van der Waals surface area contributed by atoms with Crippen molar-refractivity contribution in [2.45, 2.75) is 20.3 Å². The maximum absolute atomic E-state index is 12.1. The highest BCUT2D eigenvalue weighted by molar-refractivity contribution is 6.30. The van der Waals surface area contributed by atoms with E-state index in [0.29, 0.717) is 23.7 Å². The summed E-state index contributed by atoms with van der Waals surface area (Å²) in [6.07, 6.45) is 0.350. The number of hydrogen-bond donors (Lipinski definition) is 2. The van der Waals surface area contributed by atoms with Gasteiger partial charge in [0.25, 0.3) is 0 Å². The highest BCUT2D eigenvalue weighted by atomic mass is 35.5. The van der Waals surface area contributed by atoms with Gasteiger partial charge < -0.3 is 15.4 Å². The molecule has 122 valence electrons. The Labute approximate surface area is 141 Å². The molecule has 2 aromatic rings. The molecule has 0 saturated heterocycles. The topological polar surface area (TPSA) is 50.4 Å². The Morgan fingerprint density at radius 1 is 1.13 bits per heavy atom. The Morgan fingerprint density at radius 2 is 1.91 bits per heavy atom. The summed E-state index contributed by atoms with van der Waals surface area (Å²) in [4.78, 5) is 12.1. The van der Waals surface area contributed by atoms with Gasteiger partial charge in [-0.15, -0.1) is 0 Å². The van der Waals surface area contributed by atoms with Crippen molar-refractivity contribution in [3.05, 3.63) is 52.5 Å². The third-order valence-corrected chi connectivity index (χ3v) is 3.72. The third kappa shape index (κ3) is 4.89. The van der Waals surface area contributed by atoms with Crippen molar-refractivity contribution in [1.82, 2.24) is 0 Å². The van der Waals surface area contributed by atoms with Crippen LogP contribution in [-0.4, -0.2) is 19.6 Å². The van der Waals surface area contributed by atoms with Gasteiger partial charge in [0.2, 0.25) is 5.91 Å². The number of aryl methyl sites for hydroxylation is 2. The summed E-state index contributed by atoms with van der Waals surface area (Å²) in [5, 5.41) is 6.72. The maximum Gasteiger partial charge on any atom is 0.226 e. The number of carbonyl (C=O) groups excluding carboxylic acids is 1. The largest absolute Gasteiger partial charge is 0.495 e. The zero-order chi connectivity index (χ0) is 16.8. The SMILES string of the molecule is COc1ccc(Cl)cc1NCCC(=O)Nc1ccc(C)cc1C. The monoisotopic (exact) mass is 332 g/mol. The van der Waals surface area contributed by atoms with Gasteiger partial charge in [-0.2, -0.15) is 0 Å². The summed E-state index contributed by atoms with van der Waals surface area (Å²) in [6.45, 7) is 4.51. The van der Waals surface area contributed by atoms with E-state index < -0.39 is 0 Å². The van der Waals surface area contributed by atoms with E-state index in [-0.39, 0.29) is 5.91 Å². The smallest absolute Gasteiger partial charge is 0.226 e. The number of rotatable bonds is 6. The fourth-order valence-electron chi connectivity index (χ4n) is 2.30. The molecule has 0 radical (unpaired) electrons. The lowest BCUT2D eigenvalue weighted by Crippen LogP contribution is -2.17. The van der Waals surface area contributed by atoms with Crippen LogP contribution in [0.15, 0.2) is 36.4 Å². The number of nitrogens with one attached hydrogen (secondary N) is 2. The summed E-state index contributed by atoms with van der Waals surface area (Å²) in [5.41, 5.74) is 3.86. The summed E-state index contributed by atoms with van der Waals surface area (Å²) in [7, 11) is 1.60. The molecule has 0 aromatic heterocycles. The van der Waals surface area contributed by atoms with Crippen molar-refractivity contribution in [3.63, 3.8) is 0 Å². The van der Waals surface area contributed by atoms with E-state index in [2.05, 4.69) is 10.6 Å². The zero-order valence-electron chi connectivity index (χ0n) is 13.6. The lowest BCUT2D eigenvalue weighted by molar-refractivity contribution is -0.115. The van der Waals surface area contributed by atoms with Crippen LogP contribution in [0.3, 0.4) is 0 Å². The Kier molecular flexibility index (Phi) is 5.88. The fourth-order valence-corrected chi connectivity index (χ4v) is 2.47. The van der Waals surface area contributed by atoms with Gasteiger partial charge in [0.1, 0.15) is 5.75 Å². The summed E-state index contributed by atoms with van der Waals surface area (Å²) >= 11 is 5.98. The van der Waals surface area contributed by atoms with E-state index >= 15 is 0 Å². The van der Waals surface area contributed by atoms with Crippen LogP contribution >= 0.6 is 11.6 Å². The van der Waals surface area contributed by atoms with Gasteiger partial charge in [0.05, 0.1) is 12.8 Å². The normalized spacial score (nSPS) is 10.3. The molecular formula is C18H21ClN2O2. The minimum absolute atomic E-state index is 0.0366. The number of methoxy groups -OCH3 is 1. The minimum Gasteiger partial charge on any atom is -0.495 e. The predicted octanol–water partition coefficient (Wildman–Crippen LogP) is 4.41. The molecule has 0 aliphatic rings. The van der Waals surface area contributed by atoms with Crippen molar-refractivity contribution in [3.8, 4) is 5.75 Å². The molecule has 0 unspecified atom stereocenters. The molecule has 1 amide bonds. The summed E-state index contributed by atoms with van der Waals surface area (Å²) < 4.78 is 5.26. The summed E-state index contributed by atoms with van der Waals surface area (Å²) in [5.74, 6) is 0.662. The van der Waals surface area contributed by atoms with Gasteiger partial charge in [0.15, 0.2) is 0 Å². The molecule has 0 fully saturated rings. The van der Waals surface area contributed by atoms with Crippen LogP contribution in [-0.2, 0) is 4.79 Å². The fraction of sp³-hybridized carbons (Fsp3) is 0.278. The minimum atomic E-state index is -0.0366. The number of anilines is 2. The van der Waals surface area contributed by atoms with Gasteiger partial charge in [-0.05, 0) is 43.7 Å². The van der Waals surface area contributed by atoms with E-state index in [4.69, 9.17) is 16.3 Å². The predicted molar refractivity (Wildman–Crippen MR) is 95.7 cm³/mol. The maximum atomic E-state index is 12.1. The Balaban J connectivity index is 1.89. The van der Waals surface area contributed by atoms with E-state index in [1.165, 1.54) is 5.56 Å². The van der Waals surface area contributed by atoms with Crippen LogP contribution in [0.2, 0.25) is 5.02 Å². The molecule has 2 N–H and O–H groups in total. The lowest BCUT2D eigenvalue weighted by atomic mass is 10.1. The molecule has 0 atom stereocenters. The van der Waals surface area contributed by atoms with Crippen LogP contribution in [0, 0.1) is 13.8 Å². The second kappa shape index (κ2) is 7.88. The molecule has 0 saturated carbocycles. The average molecular weight is 333 g/mol. The quantitative estimate of drug-likeness (QED) is 0.824. The van der Waals surface area contributed by atoms with Crippen LogP contribution in [0.4, 0.5) is 11.4 Å². The first-order valence-corrected chi connectivity index (χ1v) is 7.82. The molecule has 2 rings (SSSR count). The Hall–Kier alpha value is -2.20.